The highest BCUT2D eigenvalue weighted by atomic mass is 16.5. The lowest BCUT2D eigenvalue weighted by Crippen LogP contribution is -2.10. The molecule has 5 nitrogen and oxygen atoms in total. The maximum Gasteiger partial charge on any atom is 0.307 e. The minimum atomic E-state index is -0.863. The van der Waals surface area contributed by atoms with E-state index < -0.39 is 5.97 Å². The third-order valence-corrected chi connectivity index (χ3v) is 2.45. The molecule has 0 bridgehead atoms. The Morgan fingerprint density at radius 2 is 2.17 bits per heavy atom. The standard InChI is InChI=1S/C13H14N2O3/c16-13(17)10-11-4-1-2-5-12(11)18-9-8-15-7-3-6-14-15/h1-7H,8-10H2,(H,16,17). The largest absolute Gasteiger partial charge is 0.491 e. The number of nitrogens with zero attached hydrogens (tertiary/aromatic N) is 2. The zero-order valence-corrected chi connectivity index (χ0v) is 9.82. The molecule has 2 rings (SSSR count). The number of carbonyl (C=O) groups is 1. The van der Waals surface area contributed by atoms with Crippen LogP contribution in [0.4, 0.5) is 0 Å². The van der Waals surface area contributed by atoms with E-state index >= 15 is 0 Å². The van der Waals surface area contributed by atoms with Gasteiger partial charge >= 0.3 is 5.97 Å². The summed E-state index contributed by atoms with van der Waals surface area (Å²) >= 11 is 0. The second-order valence-corrected chi connectivity index (χ2v) is 3.80. The molecule has 0 unspecified atom stereocenters. The van der Waals surface area contributed by atoms with Gasteiger partial charge in [-0.25, -0.2) is 0 Å². The molecular formula is C13H14N2O3. The molecule has 94 valence electrons. The zero-order valence-electron chi connectivity index (χ0n) is 9.82. The predicted molar refractivity (Wildman–Crippen MR) is 65.5 cm³/mol. The number of aliphatic carboxylic acids is 1. The first kappa shape index (κ1) is 12.2. The Balaban J connectivity index is 1.94. The first-order valence-electron chi connectivity index (χ1n) is 5.65. The van der Waals surface area contributed by atoms with E-state index in [0.717, 1.165) is 0 Å². The summed E-state index contributed by atoms with van der Waals surface area (Å²) in [4.78, 5) is 10.7. The fourth-order valence-electron chi connectivity index (χ4n) is 1.64. The lowest BCUT2D eigenvalue weighted by Gasteiger charge is -2.10. The highest BCUT2D eigenvalue weighted by molar-refractivity contribution is 5.71. The van der Waals surface area contributed by atoms with E-state index in [1.54, 1.807) is 29.1 Å². The molecule has 1 aromatic heterocycles. The van der Waals surface area contributed by atoms with E-state index in [9.17, 15) is 4.79 Å². The normalized spacial score (nSPS) is 10.2. The predicted octanol–water partition coefficient (Wildman–Crippen LogP) is 1.59. The van der Waals surface area contributed by atoms with Crippen LogP contribution in [0, 0.1) is 0 Å². The van der Waals surface area contributed by atoms with Gasteiger partial charge in [0, 0.05) is 18.0 Å². The molecule has 1 aromatic carbocycles. The summed E-state index contributed by atoms with van der Waals surface area (Å²) in [5, 5.41) is 12.9. The molecule has 1 heterocycles. The summed E-state index contributed by atoms with van der Waals surface area (Å²) in [6.07, 6.45) is 3.53. The number of carboxylic acids is 1. The Bertz CT molecular complexity index is 509. The smallest absolute Gasteiger partial charge is 0.307 e. The van der Waals surface area contributed by atoms with Crippen molar-refractivity contribution < 1.29 is 14.6 Å². The molecule has 2 aromatic rings. The maximum atomic E-state index is 10.7. The monoisotopic (exact) mass is 246 g/mol. The maximum absolute atomic E-state index is 10.7. The number of rotatable bonds is 6. The van der Waals surface area contributed by atoms with Gasteiger partial charge < -0.3 is 9.84 Å². The van der Waals surface area contributed by atoms with Crippen molar-refractivity contribution in [3.63, 3.8) is 0 Å². The Morgan fingerprint density at radius 1 is 1.33 bits per heavy atom. The molecule has 0 aliphatic heterocycles. The quantitative estimate of drug-likeness (QED) is 0.840. The summed E-state index contributed by atoms with van der Waals surface area (Å²) < 4.78 is 7.35. The van der Waals surface area contributed by atoms with Crippen LogP contribution in [0.25, 0.3) is 0 Å². The van der Waals surface area contributed by atoms with Crippen molar-refractivity contribution in [3.05, 3.63) is 48.3 Å². The Morgan fingerprint density at radius 3 is 2.89 bits per heavy atom. The van der Waals surface area contributed by atoms with E-state index in [-0.39, 0.29) is 6.42 Å². The van der Waals surface area contributed by atoms with Crippen LogP contribution < -0.4 is 4.74 Å². The summed E-state index contributed by atoms with van der Waals surface area (Å²) in [6.45, 7) is 1.09. The van der Waals surface area contributed by atoms with Crippen LogP contribution in [-0.4, -0.2) is 27.5 Å². The second-order valence-electron chi connectivity index (χ2n) is 3.80. The number of hydrogen-bond acceptors (Lipinski definition) is 3. The molecule has 0 spiro atoms. The highest BCUT2D eigenvalue weighted by Gasteiger charge is 2.06. The Labute approximate surface area is 105 Å². The minimum absolute atomic E-state index is 0.0298. The Kier molecular flexibility index (Phi) is 3.96. The molecule has 0 fully saturated rings. The van der Waals surface area contributed by atoms with Gasteiger partial charge in [-0.15, -0.1) is 0 Å². The van der Waals surface area contributed by atoms with Crippen LogP contribution in [0.5, 0.6) is 5.75 Å². The first-order valence-corrected chi connectivity index (χ1v) is 5.65. The van der Waals surface area contributed by atoms with Crippen molar-refractivity contribution in [2.45, 2.75) is 13.0 Å². The van der Waals surface area contributed by atoms with Gasteiger partial charge in [0.1, 0.15) is 12.4 Å². The number of hydrogen-bond donors (Lipinski definition) is 1. The molecule has 0 aliphatic carbocycles. The summed E-state index contributed by atoms with van der Waals surface area (Å²) in [6, 6.07) is 9.02. The number of carboxylic acid groups (broad SMARTS) is 1. The van der Waals surface area contributed by atoms with Gasteiger partial charge in [-0.1, -0.05) is 18.2 Å². The van der Waals surface area contributed by atoms with Gasteiger partial charge in [-0.05, 0) is 12.1 Å². The second kappa shape index (κ2) is 5.86. The van der Waals surface area contributed by atoms with Gasteiger partial charge in [0.05, 0.1) is 13.0 Å². The van der Waals surface area contributed by atoms with Crippen LogP contribution in [0.2, 0.25) is 0 Å². The lowest BCUT2D eigenvalue weighted by atomic mass is 10.1. The van der Waals surface area contributed by atoms with E-state index in [2.05, 4.69) is 5.10 Å². The summed E-state index contributed by atoms with van der Waals surface area (Å²) in [5.41, 5.74) is 0.686. The number of ether oxygens (including phenoxy) is 1. The molecule has 0 saturated carbocycles. The fraction of sp³-hybridized carbons (Fsp3) is 0.231. The molecule has 18 heavy (non-hydrogen) atoms. The SMILES string of the molecule is O=C(O)Cc1ccccc1OCCn1cccn1. The topological polar surface area (TPSA) is 64.3 Å². The van der Waals surface area contributed by atoms with Crippen LogP contribution in [0.1, 0.15) is 5.56 Å². The Hall–Kier alpha value is -2.30. The zero-order chi connectivity index (χ0) is 12.8. The molecule has 0 radical (unpaired) electrons. The molecule has 0 atom stereocenters. The number of aromatic nitrogens is 2. The fourth-order valence-corrected chi connectivity index (χ4v) is 1.64. The van der Waals surface area contributed by atoms with E-state index in [1.807, 2.05) is 18.3 Å². The van der Waals surface area contributed by atoms with Crippen molar-refractivity contribution in [1.82, 2.24) is 9.78 Å². The van der Waals surface area contributed by atoms with E-state index in [0.29, 0.717) is 24.5 Å². The average Bonchev–Trinajstić information content (AvgIpc) is 2.84. The molecular weight excluding hydrogens is 232 g/mol. The molecule has 1 N–H and O–H groups in total. The third kappa shape index (κ3) is 3.35. The summed E-state index contributed by atoms with van der Waals surface area (Å²) in [5.74, 6) is -0.245. The highest BCUT2D eigenvalue weighted by Crippen LogP contribution is 2.18. The number of benzene rings is 1. The van der Waals surface area contributed by atoms with Crippen LogP contribution in [0.15, 0.2) is 42.7 Å². The molecule has 0 amide bonds. The number of para-hydroxylation sites is 1. The van der Waals surface area contributed by atoms with Crippen LogP contribution in [-0.2, 0) is 17.8 Å². The van der Waals surface area contributed by atoms with Gasteiger partial charge in [0.15, 0.2) is 0 Å². The van der Waals surface area contributed by atoms with Crippen molar-refractivity contribution in [3.8, 4) is 5.75 Å². The van der Waals surface area contributed by atoms with Crippen molar-refractivity contribution in [1.29, 1.82) is 0 Å². The van der Waals surface area contributed by atoms with Gasteiger partial charge in [-0.2, -0.15) is 5.10 Å². The van der Waals surface area contributed by atoms with Gasteiger partial charge in [0.2, 0.25) is 0 Å². The first-order chi connectivity index (χ1) is 8.75. The van der Waals surface area contributed by atoms with Crippen LogP contribution >= 0.6 is 0 Å². The third-order valence-electron chi connectivity index (χ3n) is 2.45. The molecule has 0 saturated heterocycles. The van der Waals surface area contributed by atoms with Crippen molar-refractivity contribution >= 4 is 5.97 Å². The summed E-state index contributed by atoms with van der Waals surface area (Å²) in [7, 11) is 0. The van der Waals surface area contributed by atoms with E-state index in [4.69, 9.17) is 9.84 Å². The minimum Gasteiger partial charge on any atom is -0.491 e. The van der Waals surface area contributed by atoms with E-state index in [1.165, 1.54) is 0 Å². The van der Waals surface area contributed by atoms with Crippen LogP contribution in [0.3, 0.4) is 0 Å². The molecule has 5 heteroatoms. The van der Waals surface area contributed by atoms with Gasteiger partial charge in [0.25, 0.3) is 0 Å². The van der Waals surface area contributed by atoms with Crippen molar-refractivity contribution in [2.75, 3.05) is 6.61 Å². The molecule has 0 aliphatic rings. The lowest BCUT2D eigenvalue weighted by molar-refractivity contribution is -0.136. The van der Waals surface area contributed by atoms with Gasteiger partial charge in [-0.3, -0.25) is 9.48 Å². The average molecular weight is 246 g/mol. The van der Waals surface area contributed by atoms with Crippen molar-refractivity contribution in [2.24, 2.45) is 0 Å².